The smallest absolute Gasteiger partial charge is 0.304 e. The minimum atomic E-state index is -0.821. The maximum atomic E-state index is 11.5. The van der Waals surface area contributed by atoms with Crippen LogP contribution >= 0.6 is 0 Å². The summed E-state index contributed by atoms with van der Waals surface area (Å²) in [5, 5.41) is 9.42. The van der Waals surface area contributed by atoms with E-state index in [1.807, 2.05) is 36.4 Å². The molecule has 3 aromatic rings. The van der Waals surface area contributed by atoms with E-state index in [-0.39, 0.29) is 23.2 Å². The maximum absolute atomic E-state index is 11.5. The first-order valence-electron chi connectivity index (χ1n) is 12.8. The Morgan fingerprint density at radius 3 is 2.23 bits per heavy atom. The van der Waals surface area contributed by atoms with E-state index in [2.05, 4.69) is 50.9 Å². The molecule has 1 N–H and O–H groups in total. The average Bonchev–Trinajstić information content (AvgIpc) is 2.87. The van der Waals surface area contributed by atoms with Gasteiger partial charge in [0, 0.05) is 18.3 Å². The fourth-order valence-corrected chi connectivity index (χ4v) is 5.68. The van der Waals surface area contributed by atoms with Crippen molar-refractivity contribution < 1.29 is 14.6 Å². The predicted octanol–water partition coefficient (Wildman–Crippen LogP) is 7.40. The molecule has 0 fully saturated rings. The van der Waals surface area contributed by atoms with Crippen LogP contribution in [0.15, 0.2) is 67.0 Å². The zero-order valence-corrected chi connectivity index (χ0v) is 21.4. The topological polar surface area (TPSA) is 59.4 Å². The van der Waals surface area contributed by atoms with Crippen molar-refractivity contribution in [2.24, 2.45) is 0 Å². The lowest BCUT2D eigenvalue weighted by Gasteiger charge is -2.45. The molecule has 4 nitrogen and oxygen atoms in total. The van der Waals surface area contributed by atoms with E-state index in [0.717, 1.165) is 29.7 Å². The summed E-state index contributed by atoms with van der Waals surface area (Å²) < 4.78 is 6.17. The van der Waals surface area contributed by atoms with Crippen molar-refractivity contribution in [1.29, 1.82) is 0 Å². The Morgan fingerprint density at radius 2 is 1.60 bits per heavy atom. The number of carboxylic acid groups (broad SMARTS) is 1. The summed E-state index contributed by atoms with van der Waals surface area (Å²) in [4.78, 5) is 15.5. The molecule has 1 aliphatic rings. The van der Waals surface area contributed by atoms with Gasteiger partial charge in [0.15, 0.2) is 0 Å². The van der Waals surface area contributed by atoms with Crippen molar-refractivity contribution in [3.05, 3.63) is 94.8 Å². The quantitative estimate of drug-likeness (QED) is 0.353. The molecule has 0 radical (unpaired) electrons. The lowest BCUT2D eigenvalue weighted by Crippen LogP contribution is -2.37. The van der Waals surface area contributed by atoms with Crippen LogP contribution in [0.4, 0.5) is 0 Å². The van der Waals surface area contributed by atoms with Crippen LogP contribution in [0, 0.1) is 0 Å². The molecule has 1 atom stereocenters. The largest absolute Gasteiger partial charge is 0.489 e. The number of carboxylic acids is 1. The fraction of sp³-hybridized carbons (Fsp3) is 0.419. The van der Waals surface area contributed by atoms with Crippen LogP contribution in [0.1, 0.15) is 93.5 Å². The number of benzene rings is 2. The van der Waals surface area contributed by atoms with E-state index >= 15 is 0 Å². The number of hydrogen-bond donors (Lipinski definition) is 1. The Kier molecular flexibility index (Phi) is 7.30. The van der Waals surface area contributed by atoms with Crippen LogP contribution in [-0.4, -0.2) is 16.1 Å². The Balaban J connectivity index is 1.52. The van der Waals surface area contributed by atoms with Gasteiger partial charge in [0.25, 0.3) is 0 Å². The molecule has 4 heteroatoms. The van der Waals surface area contributed by atoms with Gasteiger partial charge in [0.1, 0.15) is 12.4 Å². The van der Waals surface area contributed by atoms with Crippen molar-refractivity contribution in [1.82, 2.24) is 4.98 Å². The molecule has 1 aromatic heterocycles. The van der Waals surface area contributed by atoms with E-state index in [1.54, 1.807) is 12.4 Å². The number of fused-ring (bicyclic) bond motifs is 1. The van der Waals surface area contributed by atoms with Gasteiger partial charge >= 0.3 is 5.97 Å². The van der Waals surface area contributed by atoms with E-state index in [9.17, 15) is 9.90 Å². The minimum absolute atomic E-state index is 0.0340. The highest BCUT2D eigenvalue weighted by atomic mass is 16.5. The Bertz CT molecular complexity index is 1150. The first kappa shape index (κ1) is 25.0. The number of aliphatic carboxylic acids is 1. The minimum Gasteiger partial charge on any atom is -0.489 e. The zero-order valence-electron chi connectivity index (χ0n) is 21.4. The van der Waals surface area contributed by atoms with Gasteiger partial charge < -0.3 is 9.84 Å². The highest BCUT2D eigenvalue weighted by Crippen LogP contribution is 2.49. The van der Waals surface area contributed by atoms with Crippen molar-refractivity contribution in [3.63, 3.8) is 0 Å². The summed E-state index contributed by atoms with van der Waals surface area (Å²) in [5.41, 5.74) is 6.55. The second-order valence-corrected chi connectivity index (χ2v) is 10.5. The molecule has 0 spiro atoms. The molecule has 0 unspecified atom stereocenters. The Labute approximate surface area is 209 Å². The third-order valence-corrected chi connectivity index (χ3v) is 8.14. The molecule has 1 aliphatic carbocycles. The van der Waals surface area contributed by atoms with Crippen LogP contribution in [0.25, 0.3) is 0 Å². The number of rotatable bonds is 9. The first-order valence-corrected chi connectivity index (χ1v) is 12.8. The van der Waals surface area contributed by atoms with Crippen LogP contribution < -0.4 is 4.74 Å². The highest BCUT2D eigenvalue weighted by molar-refractivity contribution is 5.69. The van der Waals surface area contributed by atoms with Gasteiger partial charge in [-0.05, 0) is 88.6 Å². The SMILES string of the molecule is CCC1(CC)CCC(C)(C)c2ccc(COc3ccc([C@@H](CC(=O)O)c4ccncc4)cc3)cc21. The van der Waals surface area contributed by atoms with E-state index in [0.29, 0.717) is 6.61 Å². The molecule has 1 heterocycles. The third kappa shape index (κ3) is 5.27. The van der Waals surface area contributed by atoms with Crippen molar-refractivity contribution in [3.8, 4) is 5.75 Å². The summed E-state index contributed by atoms with van der Waals surface area (Å²) in [6.07, 6.45) is 8.22. The Morgan fingerprint density at radius 1 is 0.943 bits per heavy atom. The van der Waals surface area contributed by atoms with Crippen molar-refractivity contribution in [2.75, 3.05) is 0 Å². The lowest BCUT2D eigenvalue weighted by molar-refractivity contribution is -0.137. The zero-order chi connectivity index (χ0) is 25.1. The molecule has 0 saturated heterocycles. The van der Waals surface area contributed by atoms with Gasteiger partial charge in [-0.15, -0.1) is 0 Å². The molecule has 0 aliphatic heterocycles. The number of hydrogen-bond acceptors (Lipinski definition) is 3. The fourth-order valence-electron chi connectivity index (χ4n) is 5.68. The molecule has 2 aromatic carbocycles. The molecular formula is C31H37NO3. The summed E-state index contributed by atoms with van der Waals surface area (Å²) >= 11 is 0. The van der Waals surface area contributed by atoms with Gasteiger partial charge in [-0.3, -0.25) is 9.78 Å². The van der Waals surface area contributed by atoms with Crippen molar-refractivity contribution in [2.45, 2.75) is 83.2 Å². The normalized spacial score (nSPS) is 16.8. The number of aromatic nitrogens is 1. The number of ether oxygens (including phenoxy) is 1. The number of pyridine rings is 1. The molecule has 4 rings (SSSR count). The van der Waals surface area contributed by atoms with Crippen LogP contribution in [0.5, 0.6) is 5.75 Å². The van der Waals surface area contributed by atoms with Crippen LogP contribution in [-0.2, 0) is 22.2 Å². The third-order valence-electron chi connectivity index (χ3n) is 8.14. The van der Waals surface area contributed by atoms with Gasteiger partial charge in [-0.1, -0.05) is 58.0 Å². The number of nitrogens with zero attached hydrogens (tertiary/aromatic N) is 1. The Hall–Kier alpha value is -3.14. The molecule has 0 saturated carbocycles. The predicted molar refractivity (Wildman–Crippen MR) is 140 cm³/mol. The van der Waals surface area contributed by atoms with Crippen LogP contribution in [0.2, 0.25) is 0 Å². The van der Waals surface area contributed by atoms with Gasteiger partial charge in [0.2, 0.25) is 0 Å². The van der Waals surface area contributed by atoms with Gasteiger partial charge in [-0.2, -0.15) is 0 Å². The van der Waals surface area contributed by atoms with E-state index in [4.69, 9.17) is 4.74 Å². The lowest BCUT2D eigenvalue weighted by atomic mass is 9.59. The molecule has 184 valence electrons. The second kappa shape index (κ2) is 10.2. The first-order chi connectivity index (χ1) is 16.8. The summed E-state index contributed by atoms with van der Waals surface area (Å²) in [6.45, 7) is 9.88. The van der Waals surface area contributed by atoms with E-state index < -0.39 is 5.97 Å². The standard InChI is InChI=1S/C31H37NO3/c1-5-31(6-2)16-15-30(3,4)27-12-7-22(19-28(27)31)21-35-25-10-8-23(9-11-25)26(20-29(33)34)24-13-17-32-18-14-24/h7-14,17-19,26H,5-6,15-16,20-21H2,1-4H3,(H,33,34)/t26-/m1/s1. The molecule has 0 amide bonds. The maximum Gasteiger partial charge on any atom is 0.304 e. The van der Waals surface area contributed by atoms with Crippen molar-refractivity contribution >= 4 is 5.97 Å². The van der Waals surface area contributed by atoms with Gasteiger partial charge in [0.05, 0.1) is 6.42 Å². The average molecular weight is 472 g/mol. The van der Waals surface area contributed by atoms with Gasteiger partial charge in [-0.25, -0.2) is 0 Å². The molecule has 0 bridgehead atoms. The van der Waals surface area contributed by atoms with E-state index in [1.165, 1.54) is 29.5 Å². The second-order valence-electron chi connectivity index (χ2n) is 10.5. The van der Waals surface area contributed by atoms with Crippen LogP contribution in [0.3, 0.4) is 0 Å². The molecular weight excluding hydrogens is 434 g/mol. The molecule has 35 heavy (non-hydrogen) atoms. The summed E-state index contributed by atoms with van der Waals surface area (Å²) in [6, 6.07) is 18.5. The summed E-state index contributed by atoms with van der Waals surface area (Å²) in [5.74, 6) is -0.254. The monoisotopic (exact) mass is 471 g/mol. The summed E-state index contributed by atoms with van der Waals surface area (Å²) in [7, 11) is 0. The number of carbonyl (C=O) groups is 1. The highest BCUT2D eigenvalue weighted by Gasteiger charge is 2.40.